The fourth-order valence-corrected chi connectivity index (χ4v) is 4.55. The van der Waals surface area contributed by atoms with E-state index >= 15 is 0 Å². The summed E-state index contributed by atoms with van der Waals surface area (Å²) in [6.07, 6.45) is 3.62. The van der Waals surface area contributed by atoms with E-state index < -0.39 is 0 Å². The second-order valence-corrected chi connectivity index (χ2v) is 8.41. The predicted molar refractivity (Wildman–Crippen MR) is 105 cm³/mol. The molecule has 0 unspecified atom stereocenters. The second kappa shape index (κ2) is 8.43. The van der Waals surface area contributed by atoms with Crippen molar-refractivity contribution in [1.29, 1.82) is 0 Å². The van der Waals surface area contributed by atoms with Crippen molar-refractivity contribution >= 4 is 11.3 Å². The number of hydrogen-bond donors (Lipinski definition) is 0. The van der Waals surface area contributed by atoms with E-state index in [2.05, 4.69) is 60.3 Å². The van der Waals surface area contributed by atoms with Gasteiger partial charge >= 0.3 is 0 Å². The first-order valence-corrected chi connectivity index (χ1v) is 10.2. The third-order valence-electron chi connectivity index (χ3n) is 5.34. The van der Waals surface area contributed by atoms with Crippen LogP contribution in [0.2, 0.25) is 0 Å². The van der Waals surface area contributed by atoms with Crippen LogP contribution in [0.1, 0.15) is 41.6 Å². The summed E-state index contributed by atoms with van der Waals surface area (Å²) in [5.41, 5.74) is 3.92. The van der Waals surface area contributed by atoms with Gasteiger partial charge in [0.1, 0.15) is 0 Å². The van der Waals surface area contributed by atoms with Gasteiger partial charge in [-0.15, -0.1) is 11.3 Å². The number of rotatable bonds is 8. The molecule has 3 rings (SSSR count). The maximum atomic E-state index is 5.89. The molecule has 1 atom stereocenters. The number of likely N-dealkylation sites (tertiary alicyclic amines) is 1. The molecule has 2 aromatic rings. The number of thiophene rings is 1. The monoisotopic (exact) mass is 358 g/mol. The molecule has 2 aromatic heterocycles. The van der Waals surface area contributed by atoms with E-state index in [9.17, 15) is 0 Å². The highest BCUT2D eigenvalue weighted by Crippen LogP contribution is 2.37. The molecule has 0 aliphatic carbocycles. The number of ether oxygens (including phenoxy) is 1. The van der Waals surface area contributed by atoms with Crippen molar-refractivity contribution in [1.82, 2.24) is 9.88 Å². The molecule has 136 valence electrons. The van der Waals surface area contributed by atoms with Gasteiger partial charge in [0.2, 0.25) is 0 Å². The van der Waals surface area contributed by atoms with Crippen LogP contribution in [-0.2, 0) is 17.7 Å². The molecule has 1 saturated heterocycles. The van der Waals surface area contributed by atoms with Gasteiger partial charge in [0.25, 0.3) is 0 Å². The van der Waals surface area contributed by atoms with E-state index in [1.165, 1.54) is 35.4 Å². The lowest BCUT2D eigenvalue weighted by molar-refractivity contribution is 0.0490. The standard InChI is InChI=1S/C21H30N2OS/c1-4-24-16-21(10-9-20-6-5-13-25-20)11-12-23(15-21)14-19-8-7-17(2)22-18(19)3/h5-8,13H,4,9-12,14-16H2,1-3H3/t21-/m1/s1. The van der Waals surface area contributed by atoms with Crippen LogP contribution in [-0.4, -0.2) is 36.2 Å². The lowest BCUT2D eigenvalue weighted by Crippen LogP contribution is -2.32. The van der Waals surface area contributed by atoms with Gasteiger partial charge in [-0.3, -0.25) is 9.88 Å². The molecule has 1 fully saturated rings. The number of aryl methyl sites for hydroxylation is 3. The zero-order chi connectivity index (χ0) is 17.7. The Morgan fingerprint density at radius 1 is 1.28 bits per heavy atom. The fourth-order valence-electron chi connectivity index (χ4n) is 3.84. The quantitative estimate of drug-likeness (QED) is 0.688. The summed E-state index contributed by atoms with van der Waals surface area (Å²) < 4.78 is 5.89. The summed E-state index contributed by atoms with van der Waals surface area (Å²) in [6.45, 7) is 11.3. The molecule has 0 spiro atoms. The van der Waals surface area contributed by atoms with E-state index in [4.69, 9.17) is 4.74 Å². The summed E-state index contributed by atoms with van der Waals surface area (Å²) in [7, 11) is 0. The van der Waals surface area contributed by atoms with Gasteiger partial charge in [-0.1, -0.05) is 12.1 Å². The third-order valence-corrected chi connectivity index (χ3v) is 6.28. The van der Waals surface area contributed by atoms with E-state index in [0.29, 0.717) is 5.41 Å². The number of hydrogen-bond acceptors (Lipinski definition) is 4. The summed E-state index contributed by atoms with van der Waals surface area (Å²) in [4.78, 5) is 8.71. The normalized spacial score (nSPS) is 21.1. The van der Waals surface area contributed by atoms with Crippen LogP contribution in [0.4, 0.5) is 0 Å². The molecule has 25 heavy (non-hydrogen) atoms. The van der Waals surface area contributed by atoms with Crippen LogP contribution in [0, 0.1) is 19.3 Å². The topological polar surface area (TPSA) is 25.4 Å². The SMILES string of the molecule is CCOC[C@]1(CCc2cccs2)CCN(Cc2ccc(C)nc2C)C1. The van der Waals surface area contributed by atoms with Gasteiger partial charge in [-0.05, 0) is 69.7 Å². The van der Waals surface area contributed by atoms with Crippen molar-refractivity contribution in [2.24, 2.45) is 5.41 Å². The Morgan fingerprint density at radius 2 is 2.16 bits per heavy atom. The Balaban J connectivity index is 1.64. The van der Waals surface area contributed by atoms with Crippen molar-refractivity contribution in [3.8, 4) is 0 Å². The maximum absolute atomic E-state index is 5.89. The van der Waals surface area contributed by atoms with E-state index in [-0.39, 0.29) is 0 Å². The summed E-state index contributed by atoms with van der Waals surface area (Å²) in [5.74, 6) is 0. The van der Waals surface area contributed by atoms with Crippen LogP contribution in [0.25, 0.3) is 0 Å². The minimum Gasteiger partial charge on any atom is -0.381 e. The Labute approximate surface area is 156 Å². The molecule has 0 radical (unpaired) electrons. The van der Waals surface area contributed by atoms with Crippen LogP contribution in [0.3, 0.4) is 0 Å². The van der Waals surface area contributed by atoms with Crippen LogP contribution >= 0.6 is 11.3 Å². The minimum absolute atomic E-state index is 0.298. The molecule has 0 aromatic carbocycles. The number of aromatic nitrogens is 1. The second-order valence-electron chi connectivity index (χ2n) is 7.37. The highest BCUT2D eigenvalue weighted by Gasteiger charge is 2.38. The Kier molecular flexibility index (Phi) is 6.26. The Bertz CT molecular complexity index is 671. The zero-order valence-electron chi connectivity index (χ0n) is 15.8. The lowest BCUT2D eigenvalue weighted by atomic mass is 9.83. The highest BCUT2D eigenvalue weighted by molar-refractivity contribution is 7.09. The van der Waals surface area contributed by atoms with Gasteiger partial charge in [-0.25, -0.2) is 0 Å². The number of nitrogens with zero attached hydrogens (tertiary/aromatic N) is 2. The summed E-state index contributed by atoms with van der Waals surface area (Å²) in [6, 6.07) is 8.78. The van der Waals surface area contributed by atoms with E-state index in [0.717, 1.165) is 38.5 Å². The minimum atomic E-state index is 0.298. The molecule has 0 bridgehead atoms. The molecular weight excluding hydrogens is 328 g/mol. The molecule has 1 aliphatic heterocycles. The predicted octanol–water partition coefficient (Wildman–Crippen LogP) is 4.62. The summed E-state index contributed by atoms with van der Waals surface area (Å²) >= 11 is 1.87. The average Bonchev–Trinajstić information content (AvgIpc) is 3.24. The van der Waals surface area contributed by atoms with E-state index in [1.807, 2.05) is 11.3 Å². The first kappa shape index (κ1) is 18.6. The van der Waals surface area contributed by atoms with Crippen LogP contribution in [0.15, 0.2) is 29.6 Å². The van der Waals surface area contributed by atoms with Crippen LogP contribution < -0.4 is 0 Å². The Hall–Kier alpha value is -1.23. The van der Waals surface area contributed by atoms with Crippen LogP contribution in [0.5, 0.6) is 0 Å². The van der Waals surface area contributed by atoms with Crippen molar-refractivity contribution in [2.45, 2.75) is 46.6 Å². The fraction of sp³-hybridized carbons (Fsp3) is 0.571. The molecule has 1 aliphatic rings. The molecule has 4 heteroatoms. The average molecular weight is 359 g/mol. The molecule has 0 N–H and O–H groups in total. The maximum Gasteiger partial charge on any atom is 0.0535 e. The molecule has 0 amide bonds. The lowest BCUT2D eigenvalue weighted by Gasteiger charge is -2.29. The van der Waals surface area contributed by atoms with Gasteiger partial charge in [0.15, 0.2) is 0 Å². The van der Waals surface area contributed by atoms with Gasteiger partial charge in [0, 0.05) is 41.4 Å². The molecule has 3 nitrogen and oxygen atoms in total. The van der Waals surface area contributed by atoms with Gasteiger partial charge in [-0.2, -0.15) is 0 Å². The van der Waals surface area contributed by atoms with Crippen molar-refractivity contribution < 1.29 is 4.74 Å². The largest absolute Gasteiger partial charge is 0.381 e. The first-order chi connectivity index (χ1) is 12.1. The molecule has 3 heterocycles. The highest BCUT2D eigenvalue weighted by atomic mass is 32.1. The number of pyridine rings is 1. The Morgan fingerprint density at radius 3 is 2.88 bits per heavy atom. The van der Waals surface area contributed by atoms with Crippen molar-refractivity contribution in [2.75, 3.05) is 26.3 Å². The van der Waals surface area contributed by atoms with Crippen molar-refractivity contribution in [3.05, 3.63) is 51.5 Å². The smallest absolute Gasteiger partial charge is 0.0535 e. The van der Waals surface area contributed by atoms with Crippen molar-refractivity contribution in [3.63, 3.8) is 0 Å². The first-order valence-electron chi connectivity index (χ1n) is 9.36. The zero-order valence-corrected chi connectivity index (χ0v) is 16.6. The summed E-state index contributed by atoms with van der Waals surface area (Å²) in [5, 5.41) is 2.18. The molecule has 0 saturated carbocycles. The molecular formula is C21H30N2OS. The third kappa shape index (κ3) is 4.90. The van der Waals surface area contributed by atoms with Gasteiger partial charge < -0.3 is 4.74 Å². The van der Waals surface area contributed by atoms with E-state index in [1.54, 1.807) is 0 Å². The van der Waals surface area contributed by atoms with Gasteiger partial charge in [0.05, 0.1) is 6.61 Å².